The van der Waals surface area contributed by atoms with Crippen molar-refractivity contribution in [2.24, 2.45) is 17.8 Å². The van der Waals surface area contributed by atoms with Gasteiger partial charge in [0.2, 0.25) is 0 Å². The quantitative estimate of drug-likeness (QED) is 0.818. The van der Waals surface area contributed by atoms with E-state index in [1.165, 1.54) is 0 Å². The lowest BCUT2D eigenvalue weighted by molar-refractivity contribution is -0.140. The zero-order valence-electron chi connectivity index (χ0n) is 13.3. The molecule has 1 saturated heterocycles. The van der Waals surface area contributed by atoms with Crippen LogP contribution in [0.3, 0.4) is 0 Å². The second-order valence-electron chi connectivity index (χ2n) is 6.61. The molecule has 138 valence electrons. The highest BCUT2D eigenvalue weighted by Gasteiger charge is 2.66. The summed E-state index contributed by atoms with van der Waals surface area (Å²) in [4.78, 5) is 11.0. The van der Waals surface area contributed by atoms with Gasteiger partial charge in [-0.2, -0.15) is 13.2 Å². The van der Waals surface area contributed by atoms with E-state index >= 15 is 0 Å². The molecule has 0 radical (unpaired) electrons. The van der Waals surface area contributed by atoms with E-state index < -0.39 is 29.4 Å². The minimum atomic E-state index is -4.55. The Hall–Kier alpha value is -2.51. The number of ether oxygens (including phenoxy) is 2. The zero-order chi connectivity index (χ0) is 18.6. The summed E-state index contributed by atoms with van der Waals surface area (Å²) in [7, 11) is 0. The summed E-state index contributed by atoms with van der Waals surface area (Å²) in [5.41, 5.74) is -1.13. The van der Waals surface area contributed by atoms with Crippen molar-refractivity contribution in [1.29, 1.82) is 0 Å². The van der Waals surface area contributed by atoms with Crippen molar-refractivity contribution in [3.05, 3.63) is 58.8 Å². The number of alkyl halides is 3. The van der Waals surface area contributed by atoms with Crippen LogP contribution in [0.5, 0.6) is 0 Å². The Morgan fingerprint density at radius 2 is 2.12 bits per heavy atom. The molecule has 1 heterocycles. The molecule has 4 atom stereocenters. The van der Waals surface area contributed by atoms with Crippen molar-refractivity contribution < 1.29 is 36.9 Å². The topological polar surface area (TPSA) is 55.8 Å². The van der Waals surface area contributed by atoms with Crippen molar-refractivity contribution in [1.82, 2.24) is 0 Å². The number of fused-ring (bicyclic) bond motifs is 3. The normalized spacial score (nSPS) is 29.1. The second kappa shape index (κ2) is 5.75. The van der Waals surface area contributed by atoms with Gasteiger partial charge in [0.05, 0.1) is 5.56 Å². The Morgan fingerprint density at radius 1 is 1.35 bits per heavy atom. The van der Waals surface area contributed by atoms with Gasteiger partial charge in [-0.25, -0.2) is 4.39 Å². The maximum absolute atomic E-state index is 13.7. The number of rotatable bonds is 4. The summed E-state index contributed by atoms with van der Waals surface area (Å²) in [6.45, 7) is -0.347. The third-order valence-electron chi connectivity index (χ3n) is 5.02. The highest BCUT2D eigenvalue weighted by atomic mass is 19.4. The number of hydrogen-bond acceptors (Lipinski definition) is 3. The van der Waals surface area contributed by atoms with Crippen molar-refractivity contribution in [2.45, 2.75) is 25.3 Å². The van der Waals surface area contributed by atoms with E-state index in [0.717, 1.165) is 12.1 Å². The van der Waals surface area contributed by atoms with Gasteiger partial charge in [-0.15, -0.1) is 0 Å². The van der Waals surface area contributed by atoms with Gasteiger partial charge in [-0.1, -0.05) is 0 Å². The SMILES string of the molecule is O=C(O)[C@H]1[C@@H]2OC3=CC(OCc4cc(C(F)(F)F)ccc4F)=CCC3[C@@H]21. The minimum Gasteiger partial charge on any atom is -0.493 e. The zero-order valence-corrected chi connectivity index (χ0v) is 13.3. The lowest BCUT2D eigenvalue weighted by atomic mass is 9.92. The summed E-state index contributed by atoms with van der Waals surface area (Å²) in [6.07, 6.45) is -1.02. The van der Waals surface area contributed by atoms with E-state index in [9.17, 15) is 22.4 Å². The minimum absolute atomic E-state index is 0.0151. The average molecular weight is 370 g/mol. The number of allylic oxidation sites excluding steroid dienone is 3. The molecule has 1 N–H and O–H groups in total. The fourth-order valence-corrected chi connectivity index (χ4v) is 3.66. The molecule has 26 heavy (non-hydrogen) atoms. The van der Waals surface area contributed by atoms with E-state index in [0.29, 0.717) is 24.0 Å². The predicted octanol–water partition coefficient (Wildman–Crippen LogP) is 3.88. The Morgan fingerprint density at radius 3 is 2.81 bits per heavy atom. The summed E-state index contributed by atoms with van der Waals surface area (Å²) >= 11 is 0. The molecule has 0 aromatic heterocycles. The molecule has 4 rings (SSSR count). The van der Waals surface area contributed by atoms with Crippen molar-refractivity contribution in [3.63, 3.8) is 0 Å². The van der Waals surface area contributed by atoms with Crippen LogP contribution >= 0.6 is 0 Å². The van der Waals surface area contributed by atoms with Crippen molar-refractivity contribution in [3.8, 4) is 0 Å². The van der Waals surface area contributed by atoms with Crippen LogP contribution in [0.4, 0.5) is 17.6 Å². The summed E-state index contributed by atoms with van der Waals surface area (Å²) < 4.78 is 63.0. The first-order valence-corrected chi connectivity index (χ1v) is 8.05. The first kappa shape index (κ1) is 16.9. The van der Waals surface area contributed by atoms with Crippen LogP contribution < -0.4 is 0 Å². The van der Waals surface area contributed by atoms with Gasteiger partial charge < -0.3 is 14.6 Å². The maximum Gasteiger partial charge on any atom is 0.416 e. The van der Waals surface area contributed by atoms with Gasteiger partial charge in [0.1, 0.15) is 36.0 Å². The lowest BCUT2D eigenvalue weighted by Crippen LogP contribution is -2.15. The van der Waals surface area contributed by atoms with Crippen LogP contribution in [0.25, 0.3) is 0 Å². The fourth-order valence-electron chi connectivity index (χ4n) is 3.66. The van der Waals surface area contributed by atoms with E-state index in [2.05, 4.69) is 0 Å². The molecule has 0 bridgehead atoms. The van der Waals surface area contributed by atoms with E-state index in [1.807, 2.05) is 0 Å². The van der Waals surface area contributed by atoms with Crippen LogP contribution in [0.1, 0.15) is 17.5 Å². The molecule has 1 aromatic carbocycles. The van der Waals surface area contributed by atoms with Crippen LogP contribution in [0, 0.1) is 23.6 Å². The molecule has 1 unspecified atom stereocenters. The van der Waals surface area contributed by atoms with Crippen molar-refractivity contribution >= 4 is 5.97 Å². The lowest BCUT2D eigenvalue weighted by Gasteiger charge is -2.20. The predicted molar refractivity (Wildman–Crippen MR) is 80.0 cm³/mol. The first-order chi connectivity index (χ1) is 12.3. The van der Waals surface area contributed by atoms with Gasteiger partial charge >= 0.3 is 12.1 Å². The molecular formula is C18H14F4O4. The smallest absolute Gasteiger partial charge is 0.416 e. The summed E-state index contributed by atoms with van der Waals surface area (Å²) in [6, 6.07) is 2.18. The van der Waals surface area contributed by atoms with Gasteiger partial charge in [-0.05, 0) is 30.7 Å². The van der Waals surface area contributed by atoms with Crippen molar-refractivity contribution in [2.75, 3.05) is 0 Å². The van der Waals surface area contributed by atoms with Crippen LogP contribution in [0.15, 0.2) is 41.9 Å². The first-order valence-electron chi connectivity index (χ1n) is 8.05. The number of halogens is 4. The fraction of sp³-hybridized carbons (Fsp3) is 0.389. The number of carboxylic acid groups (broad SMARTS) is 1. The van der Waals surface area contributed by atoms with Gasteiger partial charge in [0, 0.05) is 23.5 Å². The van der Waals surface area contributed by atoms with Crippen LogP contribution in [0.2, 0.25) is 0 Å². The van der Waals surface area contributed by atoms with Gasteiger partial charge in [0.15, 0.2) is 0 Å². The maximum atomic E-state index is 13.7. The van der Waals surface area contributed by atoms with Crippen LogP contribution in [-0.2, 0) is 27.1 Å². The Labute approximate surface area is 145 Å². The molecule has 2 aliphatic carbocycles. The Kier molecular flexibility index (Phi) is 3.75. The van der Waals surface area contributed by atoms with Gasteiger partial charge in [0.25, 0.3) is 0 Å². The molecule has 0 spiro atoms. The van der Waals surface area contributed by atoms with Crippen LogP contribution in [-0.4, -0.2) is 17.2 Å². The highest BCUT2D eigenvalue weighted by molar-refractivity contribution is 5.76. The number of carbonyl (C=O) groups is 1. The van der Waals surface area contributed by atoms with Gasteiger partial charge in [-0.3, -0.25) is 4.79 Å². The molecule has 4 nitrogen and oxygen atoms in total. The van der Waals surface area contributed by atoms with E-state index in [4.69, 9.17) is 14.6 Å². The number of aliphatic carboxylic acids is 1. The summed E-state index contributed by atoms with van der Waals surface area (Å²) in [5, 5.41) is 9.06. The Balaban J connectivity index is 1.42. The molecule has 8 heteroatoms. The molecule has 1 aliphatic heterocycles. The molecule has 3 aliphatic rings. The molecule has 0 amide bonds. The number of hydrogen-bond donors (Lipinski definition) is 1. The average Bonchev–Trinajstić information content (AvgIpc) is 3.16. The Bertz CT molecular complexity index is 827. The molecule has 1 saturated carbocycles. The third-order valence-corrected chi connectivity index (χ3v) is 5.02. The number of benzene rings is 1. The third kappa shape index (κ3) is 2.83. The second-order valence-corrected chi connectivity index (χ2v) is 6.61. The van der Waals surface area contributed by atoms with E-state index in [-0.39, 0.29) is 30.1 Å². The standard InChI is InChI=1S/C18H14F4O4/c19-12-4-1-9(18(20,21)22)5-8(12)7-25-10-2-3-11-13(6-10)26-16-14(11)15(16)17(23)24/h1-2,4-6,11,14-16H,3,7H2,(H,23,24)/t11?,14-,15-,16-/m1/s1. The molecular weight excluding hydrogens is 356 g/mol. The highest BCUT2D eigenvalue weighted by Crippen LogP contribution is 2.59. The van der Waals surface area contributed by atoms with E-state index in [1.54, 1.807) is 12.2 Å². The molecule has 1 aromatic rings. The monoisotopic (exact) mass is 370 g/mol. The molecule has 2 fully saturated rings. The largest absolute Gasteiger partial charge is 0.493 e. The summed E-state index contributed by atoms with van der Waals surface area (Å²) in [5.74, 6) is -1.18. The number of carboxylic acids is 1.